The molecule has 0 bridgehead atoms. The molecule has 3 heteroatoms. The predicted octanol–water partition coefficient (Wildman–Crippen LogP) is 2.85. The molecule has 1 atom stereocenters. The van der Waals surface area contributed by atoms with Crippen molar-refractivity contribution < 1.29 is 9.84 Å². The molecule has 1 N–H and O–H groups in total. The number of aliphatic hydroxyl groups excluding tert-OH is 1. The number of nitrogens with zero attached hydrogens (tertiary/aromatic N) is 1. The zero-order chi connectivity index (χ0) is 12.8. The van der Waals surface area contributed by atoms with E-state index in [2.05, 4.69) is 18.4 Å². The van der Waals surface area contributed by atoms with Gasteiger partial charge in [-0.05, 0) is 23.5 Å². The third kappa shape index (κ3) is 4.92. The molecule has 1 unspecified atom stereocenters. The second kappa shape index (κ2) is 6.82. The fourth-order valence-corrected chi connectivity index (χ4v) is 1.65. The van der Waals surface area contributed by atoms with Gasteiger partial charge in [0.25, 0.3) is 0 Å². The van der Waals surface area contributed by atoms with Crippen LogP contribution >= 0.6 is 0 Å². The Labute approximate surface area is 104 Å². The van der Waals surface area contributed by atoms with Gasteiger partial charge in [0.2, 0.25) is 0 Å². The first-order valence-electron chi connectivity index (χ1n) is 6.42. The maximum atomic E-state index is 9.91. The molecule has 1 aromatic heterocycles. The zero-order valence-electron chi connectivity index (χ0n) is 11.4. The number of rotatable bonds is 7. The highest BCUT2D eigenvalue weighted by molar-refractivity contribution is 5.14. The summed E-state index contributed by atoms with van der Waals surface area (Å²) in [6.07, 6.45) is 3.64. The standard InChI is InChI=1S/C14H25NO2/c1-11(2)10-17-8-7-15-6-5-13(9-15)14(16)12(3)4/h5-6,9,11-12,14,16H,7-8,10H2,1-4H3. The largest absolute Gasteiger partial charge is 0.388 e. The zero-order valence-corrected chi connectivity index (χ0v) is 11.4. The van der Waals surface area contributed by atoms with Crippen LogP contribution in [0.15, 0.2) is 18.5 Å². The van der Waals surface area contributed by atoms with Crippen molar-refractivity contribution in [3.8, 4) is 0 Å². The van der Waals surface area contributed by atoms with Gasteiger partial charge in [-0.2, -0.15) is 0 Å². The number of ether oxygens (including phenoxy) is 1. The van der Waals surface area contributed by atoms with Crippen LogP contribution in [-0.2, 0) is 11.3 Å². The van der Waals surface area contributed by atoms with Gasteiger partial charge in [0.15, 0.2) is 0 Å². The Morgan fingerprint density at radius 3 is 2.59 bits per heavy atom. The maximum absolute atomic E-state index is 9.91. The third-order valence-electron chi connectivity index (χ3n) is 2.69. The Morgan fingerprint density at radius 2 is 2.00 bits per heavy atom. The highest BCUT2D eigenvalue weighted by Gasteiger charge is 2.12. The summed E-state index contributed by atoms with van der Waals surface area (Å²) in [5.41, 5.74) is 0.990. The van der Waals surface area contributed by atoms with E-state index in [-0.39, 0.29) is 12.0 Å². The van der Waals surface area contributed by atoms with E-state index < -0.39 is 0 Å². The summed E-state index contributed by atoms with van der Waals surface area (Å²) in [5, 5.41) is 9.91. The van der Waals surface area contributed by atoms with E-state index in [1.165, 1.54) is 0 Å². The van der Waals surface area contributed by atoms with Crippen molar-refractivity contribution in [2.45, 2.75) is 40.3 Å². The van der Waals surface area contributed by atoms with Gasteiger partial charge in [0.05, 0.1) is 12.7 Å². The Kier molecular flexibility index (Phi) is 5.72. The molecule has 0 aliphatic carbocycles. The van der Waals surface area contributed by atoms with Crippen molar-refractivity contribution in [1.29, 1.82) is 0 Å². The fraction of sp³-hybridized carbons (Fsp3) is 0.714. The summed E-state index contributed by atoms with van der Waals surface area (Å²) in [5.74, 6) is 0.834. The molecule has 0 spiro atoms. The van der Waals surface area contributed by atoms with Crippen LogP contribution in [0.3, 0.4) is 0 Å². The van der Waals surface area contributed by atoms with Crippen LogP contribution in [0, 0.1) is 11.8 Å². The molecule has 3 nitrogen and oxygen atoms in total. The first-order chi connectivity index (χ1) is 8.00. The van der Waals surface area contributed by atoms with Gasteiger partial charge in [-0.1, -0.05) is 27.7 Å². The quantitative estimate of drug-likeness (QED) is 0.742. The molecule has 0 radical (unpaired) electrons. The minimum Gasteiger partial charge on any atom is -0.388 e. The summed E-state index contributed by atoms with van der Waals surface area (Å²) in [6, 6.07) is 1.98. The van der Waals surface area contributed by atoms with Gasteiger partial charge in [0, 0.05) is 25.5 Å². The van der Waals surface area contributed by atoms with E-state index in [0.29, 0.717) is 5.92 Å². The smallest absolute Gasteiger partial charge is 0.0827 e. The monoisotopic (exact) mass is 239 g/mol. The SMILES string of the molecule is CC(C)COCCn1ccc(C(O)C(C)C)c1. The summed E-state index contributed by atoms with van der Waals surface area (Å²) in [4.78, 5) is 0. The van der Waals surface area contributed by atoms with E-state index in [4.69, 9.17) is 4.74 Å². The third-order valence-corrected chi connectivity index (χ3v) is 2.69. The molecular weight excluding hydrogens is 214 g/mol. The van der Waals surface area contributed by atoms with E-state index in [0.717, 1.165) is 25.3 Å². The van der Waals surface area contributed by atoms with E-state index in [1.54, 1.807) is 0 Å². The Bertz CT molecular complexity index is 318. The molecule has 0 aromatic carbocycles. The Hall–Kier alpha value is -0.800. The van der Waals surface area contributed by atoms with Crippen LogP contribution in [0.4, 0.5) is 0 Å². The number of aliphatic hydroxyl groups is 1. The Balaban J connectivity index is 2.36. The van der Waals surface area contributed by atoms with Crippen LogP contribution in [0.1, 0.15) is 39.4 Å². The van der Waals surface area contributed by atoms with Gasteiger partial charge in [-0.25, -0.2) is 0 Å². The van der Waals surface area contributed by atoms with Crippen LogP contribution in [0.25, 0.3) is 0 Å². The van der Waals surface area contributed by atoms with Crippen molar-refractivity contribution >= 4 is 0 Å². The summed E-state index contributed by atoms with van der Waals surface area (Å²) < 4.78 is 7.60. The molecular formula is C14H25NO2. The summed E-state index contributed by atoms with van der Waals surface area (Å²) >= 11 is 0. The summed E-state index contributed by atoms with van der Waals surface area (Å²) in [7, 11) is 0. The molecule has 1 heterocycles. The minimum absolute atomic E-state index is 0.253. The van der Waals surface area contributed by atoms with Gasteiger partial charge in [-0.3, -0.25) is 0 Å². The van der Waals surface area contributed by atoms with Crippen LogP contribution in [-0.4, -0.2) is 22.9 Å². The van der Waals surface area contributed by atoms with Crippen molar-refractivity contribution in [1.82, 2.24) is 4.57 Å². The fourth-order valence-electron chi connectivity index (χ4n) is 1.65. The lowest BCUT2D eigenvalue weighted by atomic mass is 10.0. The first-order valence-corrected chi connectivity index (χ1v) is 6.42. The van der Waals surface area contributed by atoms with Gasteiger partial charge >= 0.3 is 0 Å². The normalized spacial score (nSPS) is 13.6. The molecule has 1 aromatic rings. The van der Waals surface area contributed by atoms with Crippen LogP contribution in [0.5, 0.6) is 0 Å². The van der Waals surface area contributed by atoms with E-state index in [1.807, 2.05) is 32.3 Å². The highest BCUT2D eigenvalue weighted by Crippen LogP contribution is 2.21. The number of aromatic nitrogens is 1. The molecule has 0 aliphatic rings. The van der Waals surface area contributed by atoms with Crippen LogP contribution in [0.2, 0.25) is 0 Å². The van der Waals surface area contributed by atoms with Crippen molar-refractivity contribution in [3.05, 3.63) is 24.0 Å². The molecule has 0 aliphatic heterocycles. The second-order valence-electron chi connectivity index (χ2n) is 5.34. The van der Waals surface area contributed by atoms with E-state index in [9.17, 15) is 5.11 Å². The maximum Gasteiger partial charge on any atom is 0.0827 e. The average molecular weight is 239 g/mol. The van der Waals surface area contributed by atoms with Crippen LogP contribution < -0.4 is 0 Å². The lowest BCUT2D eigenvalue weighted by Gasteiger charge is -2.12. The molecule has 17 heavy (non-hydrogen) atoms. The van der Waals surface area contributed by atoms with E-state index >= 15 is 0 Å². The molecule has 0 amide bonds. The molecule has 0 saturated heterocycles. The van der Waals surface area contributed by atoms with Gasteiger partial charge in [-0.15, -0.1) is 0 Å². The lowest BCUT2D eigenvalue weighted by Crippen LogP contribution is -2.08. The molecule has 1 rings (SSSR count). The van der Waals surface area contributed by atoms with Crippen molar-refractivity contribution in [2.75, 3.05) is 13.2 Å². The molecule has 0 fully saturated rings. The highest BCUT2D eigenvalue weighted by atomic mass is 16.5. The average Bonchev–Trinajstić information content (AvgIpc) is 2.71. The number of hydrogen-bond acceptors (Lipinski definition) is 2. The van der Waals surface area contributed by atoms with Gasteiger partial charge in [0.1, 0.15) is 0 Å². The van der Waals surface area contributed by atoms with Gasteiger partial charge < -0.3 is 14.4 Å². The molecule has 98 valence electrons. The van der Waals surface area contributed by atoms with Crippen molar-refractivity contribution in [3.63, 3.8) is 0 Å². The minimum atomic E-state index is -0.368. The summed E-state index contributed by atoms with van der Waals surface area (Å²) in [6.45, 7) is 10.7. The predicted molar refractivity (Wildman–Crippen MR) is 69.9 cm³/mol. The topological polar surface area (TPSA) is 34.4 Å². The lowest BCUT2D eigenvalue weighted by molar-refractivity contribution is 0.103. The molecule has 0 saturated carbocycles. The first kappa shape index (κ1) is 14.3. The Morgan fingerprint density at radius 1 is 1.29 bits per heavy atom. The second-order valence-corrected chi connectivity index (χ2v) is 5.34. The number of hydrogen-bond donors (Lipinski definition) is 1. The van der Waals surface area contributed by atoms with Crippen molar-refractivity contribution in [2.24, 2.45) is 11.8 Å².